The van der Waals surface area contributed by atoms with Gasteiger partial charge in [-0.3, -0.25) is 4.79 Å². The summed E-state index contributed by atoms with van der Waals surface area (Å²) in [5.74, 6) is 0.586. The Kier molecular flexibility index (Phi) is 2.68. The molecule has 0 aliphatic heterocycles. The Bertz CT molecular complexity index is 531. The lowest BCUT2D eigenvalue weighted by atomic mass is 10.1. The SMILES string of the molecule is Cc1ccc(-c2ncc(Br)c(=O)[nH]2)cc1. The first kappa shape index (κ1) is 10.1. The summed E-state index contributed by atoms with van der Waals surface area (Å²) < 4.78 is 0.443. The molecule has 3 nitrogen and oxygen atoms in total. The van der Waals surface area contributed by atoms with E-state index >= 15 is 0 Å². The van der Waals surface area contributed by atoms with Crippen LogP contribution in [0.4, 0.5) is 0 Å². The lowest BCUT2D eigenvalue weighted by molar-refractivity contribution is 1.11. The maximum Gasteiger partial charge on any atom is 0.265 e. The minimum Gasteiger partial charge on any atom is -0.306 e. The van der Waals surface area contributed by atoms with Crippen molar-refractivity contribution >= 4 is 15.9 Å². The van der Waals surface area contributed by atoms with Crippen molar-refractivity contribution in [2.75, 3.05) is 0 Å². The van der Waals surface area contributed by atoms with Crippen LogP contribution >= 0.6 is 15.9 Å². The van der Waals surface area contributed by atoms with Gasteiger partial charge in [0.25, 0.3) is 5.56 Å². The van der Waals surface area contributed by atoms with Gasteiger partial charge in [-0.15, -0.1) is 0 Å². The van der Waals surface area contributed by atoms with Gasteiger partial charge in [-0.2, -0.15) is 0 Å². The minimum atomic E-state index is -0.166. The van der Waals surface area contributed by atoms with E-state index in [0.717, 1.165) is 5.56 Å². The summed E-state index contributed by atoms with van der Waals surface area (Å²) in [6.07, 6.45) is 1.51. The van der Waals surface area contributed by atoms with Crippen LogP contribution in [0.2, 0.25) is 0 Å². The van der Waals surface area contributed by atoms with E-state index in [9.17, 15) is 4.79 Å². The molecule has 0 amide bonds. The van der Waals surface area contributed by atoms with Crippen LogP contribution in [-0.4, -0.2) is 9.97 Å². The standard InChI is InChI=1S/C11H9BrN2O/c1-7-2-4-8(5-3-7)10-13-6-9(12)11(15)14-10/h2-6H,1H3,(H,13,14,15). The van der Waals surface area contributed by atoms with Gasteiger partial charge in [-0.1, -0.05) is 29.8 Å². The van der Waals surface area contributed by atoms with E-state index in [1.165, 1.54) is 11.8 Å². The summed E-state index contributed by atoms with van der Waals surface area (Å²) in [4.78, 5) is 18.2. The fraction of sp³-hybridized carbons (Fsp3) is 0.0909. The highest BCUT2D eigenvalue weighted by Crippen LogP contribution is 2.14. The lowest BCUT2D eigenvalue weighted by Crippen LogP contribution is -2.08. The van der Waals surface area contributed by atoms with Gasteiger partial charge < -0.3 is 4.98 Å². The molecule has 0 fully saturated rings. The second-order valence-corrected chi connectivity index (χ2v) is 4.13. The molecule has 2 rings (SSSR count). The monoisotopic (exact) mass is 264 g/mol. The average Bonchev–Trinajstić information content (AvgIpc) is 2.23. The molecule has 0 spiro atoms. The fourth-order valence-corrected chi connectivity index (χ4v) is 1.44. The topological polar surface area (TPSA) is 45.8 Å². The molecule has 0 aliphatic rings. The van der Waals surface area contributed by atoms with Crippen LogP contribution in [0.5, 0.6) is 0 Å². The summed E-state index contributed by atoms with van der Waals surface area (Å²) in [5, 5.41) is 0. The van der Waals surface area contributed by atoms with Crippen molar-refractivity contribution in [3.05, 3.63) is 50.9 Å². The highest BCUT2D eigenvalue weighted by molar-refractivity contribution is 9.10. The molecule has 0 saturated heterocycles. The van der Waals surface area contributed by atoms with Crippen molar-refractivity contribution in [2.24, 2.45) is 0 Å². The third-order valence-electron chi connectivity index (χ3n) is 2.08. The van der Waals surface area contributed by atoms with Gasteiger partial charge >= 0.3 is 0 Å². The van der Waals surface area contributed by atoms with Gasteiger partial charge in [0.1, 0.15) is 10.3 Å². The number of aromatic amines is 1. The predicted octanol–water partition coefficient (Wildman–Crippen LogP) is 2.51. The van der Waals surface area contributed by atoms with Crippen molar-refractivity contribution < 1.29 is 0 Å². The van der Waals surface area contributed by atoms with E-state index in [0.29, 0.717) is 10.3 Å². The smallest absolute Gasteiger partial charge is 0.265 e. The second-order valence-electron chi connectivity index (χ2n) is 3.27. The molecule has 0 atom stereocenters. The Balaban J connectivity index is 2.50. The first-order valence-corrected chi connectivity index (χ1v) is 5.28. The molecule has 0 unspecified atom stereocenters. The van der Waals surface area contributed by atoms with E-state index in [1.54, 1.807) is 0 Å². The van der Waals surface area contributed by atoms with Crippen LogP contribution in [0, 0.1) is 6.92 Å². The van der Waals surface area contributed by atoms with E-state index in [2.05, 4.69) is 25.9 Å². The Morgan fingerprint density at radius 1 is 1.27 bits per heavy atom. The molecule has 0 saturated carbocycles. The number of aryl methyl sites for hydroxylation is 1. The quantitative estimate of drug-likeness (QED) is 0.861. The average molecular weight is 265 g/mol. The fourth-order valence-electron chi connectivity index (χ4n) is 1.24. The summed E-state index contributed by atoms with van der Waals surface area (Å²) in [5.41, 5.74) is 1.92. The number of hydrogen-bond acceptors (Lipinski definition) is 2. The van der Waals surface area contributed by atoms with Gasteiger partial charge in [0, 0.05) is 11.8 Å². The molecule has 1 heterocycles. The number of nitrogens with zero attached hydrogens (tertiary/aromatic N) is 1. The van der Waals surface area contributed by atoms with Crippen LogP contribution in [0.3, 0.4) is 0 Å². The number of rotatable bonds is 1. The number of hydrogen-bond donors (Lipinski definition) is 1. The molecule has 1 aromatic heterocycles. The molecule has 0 radical (unpaired) electrons. The van der Waals surface area contributed by atoms with Crippen molar-refractivity contribution in [1.82, 2.24) is 9.97 Å². The molecule has 0 bridgehead atoms. The zero-order valence-electron chi connectivity index (χ0n) is 8.12. The highest BCUT2D eigenvalue weighted by Gasteiger charge is 2.01. The second kappa shape index (κ2) is 3.98. The molecule has 15 heavy (non-hydrogen) atoms. The van der Waals surface area contributed by atoms with Crippen LogP contribution in [-0.2, 0) is 0 Å². The van der Waals surface area contributed by atoms with Gasteiger partial charge in [-0.05, 0) is 22.9 Å². The van der Waals surface area contributed by atoms with Gasteiger partial charge in [0.15, 0.2) is 0 Å². The van der Waals surface area contributed by atoms with Crippen molar-refractivity contribution in [3.63, 3.8) is 0 Å². The molecule has 1 aromatic carbocycles. The molecule has 76 valence electrons. The number of benzene rings is 1. The summed E-state index contributed by atoms with van der Waals surface area (Å²) in [7, 11) is 0. The molecular weight excluding hydrogens is 256 g/mol. The lowest BCUT2D eigenvalue weighted by Gasteiger charge is -2.00. The van der Waals surface area contributed by atoms with Crippen LogP contribution in [0.1, 0.15) is 5.56 Å². The summed E-state index contributed by atoms with van der Waals surface area (Å²) in [6, 6.07) is 7.83. The predicted molar refractivity (Wildman–Crippen MR) is 62.7 cm³/mol. The van der Waals surface area contributed by atoms with E-state index in [1.807, 2.05) is 31.2 Å². The highest BCUT2D eigenvalue weighted by atomic mass is 79.9. The van der Waals surface area contributed by atoms with Gasteiger partial charge in [0.05, 0.1) is 0 Å². The third-order valence-corrected chi connectivity index (χ3v) is 2.65. The van der Waals surface area contributed by atoms with Crippen LogP contribution in [0.25, 0.3) is 11.4 Å². The number of nitrogens with one attached hydrogen (secondary N) is 1. The first-order valence-electron chi connectivity index (χ1n) is 4.48. The molecule has 0 aliphatic carbocycles. The summed E-state index contributed by atoms with van der Waals surface area (Å²) in [6.45, 7) is 2.02. The zero-order chi connectivity index (χ0) is 10.8. The largest absolute Gasteiger partial charge is 0.306 e. The van der Waals surface area contributed by atoms with Crippen molar-refractivity contribution in [1.29, 1.82) is 0 Å². The van der Waals surface area contributed by atoms with Crippen molar-refractivity contribution in [3.8, 4) is 11.4 Å². The van der Waals surface area contributed by atoms with E-state index in [4.69, 9.17) is 0 Å². The van der Waals surface area contributed by atoms with Crippen molar-refractivity contribution in [2.45, 2.75) is 6.92 Å². The Hall–Kier alpha value is -1.42. The molecule has 1 N–H and O–H groups in total. The van der Waals surface area contributed by atoms with Crippen LogP contribution in [0.15, 0.2) is 39.7 Å². The van der Waals surface area contributed by atoms with Gasteiger partial charge in [-0.25, -0.2) is 4.98 Å². The minimum absolute atomic E-state index is 0.166. The van der Waals surface area contributed by atoms with Crippen LogP contribution < -0.4 is 5.56 Å². The molecule has 4 heteroatoms. The Morgan fingerprint density at radius 3 is 2.53 bits per heavy atom. The third kappa shape index (κ3) is 2.15. The number of halogens is 1. The number of H-pyrrole nitrogens is 1. The van der Waals surface area contributed by atoms with E-state index < -0.39 is 0 Å². The first-order chi connectivity index (χ1) is 7.16. The Labute approximate surface area is 95.3 Å². The van der Waals surface area contributed by atoms with E-state index in [-0.39, 0.29) is 5.56 Å². The molecular formula is C11H9BrN2O. The maximum atomic E-state index is 11.3. The summed E-state index contributed by atoms with van der Waals surface area (Å²) >= 11 is 3.11. The normalized spacial score (nSPS) is 10.3. The number of aromatic nitrogens is 2. The maximum absolute atomic E-state index is 11.3. The van der Waals surface area contributed by atoms with Gasteiger partial charge in [0.2, 0.25) is 0 Å². The zero-order valence-corrected chi connectivity index (χ0v) is 9.71. The Morgan fingerprint density at radius 2 is 1.93 bits per heavy atom. The molecule has 2 aromatic rings.